The first-order valence-corrected chi connectivity index (χ1v) is 10.5. The van der Waals surface area contributed by atoms with Gasteiger partial charge < -0.3 is 14.5 Å². The van der Waals surface area contributed by atoms with E-state index in [0.717, 1.165) is 31.4 Å². The molecule has 1 aromatic heterocycles. The maximum absolute atomic E-state index is 13.4. The Morgan fingerprint density at radius 2 is 1.97 bits per heavy atom. The SMILES string of the molecule is CCCCCCC(=O)N1CCN(c2cc(Oc3ccc(F)c(F)c3)ncn2)C[C@H]1C. The van der Waals surface area contributed by atoms with E-state index in [1.807, 2.05) is 11.8 Å². The number of carbonyl (C=O) groups is 1. The molecular formula is C22H28F2N4O2. The van der Waals surface area contributed by atoms with Crippen molar-refractivity contribution in [2.45, 2.75) is 52.0 Å². The number of halogens is 2. The Labute approximate surface area is 175 Å². The molecule has 1 aliphatic heterocycles. The summed E-state index contributed by atoms with van der Waals surface area (Å²) in [7, 11) is 0. The first-order chi connectivity index (χ1) is 14.5. The Balaban J connectivity index is 1.59. The Morgan fingerprint density at radius 1 is 1.13 bits per heavy atom. The van der Waals surface area contributed by atoms with Gasteiger partial charge in [-0.05, 0) is 25.5 Å². The number of hydrogen-bond donors (Lipinski definition) is 0. The average Bonchev–Trinajstić information content (AvgIpc) is 2.74. The molecule has 0 spiro atoms. The third kappa shape index (κ3) is 5.64. The second-order valence-electron chi connectivity index (χ2n) is 7.59. The van der Waals surface area contributed by atoms with Gasteiger partial charge in [0.1, 0.15) is 17.9 Å². The highest BCUT2D eigenvalue weighted by Crippen LogP contribution is 2.25. The molecule has 6 nitrogen and oxygen atoms in total. The molecule has 0 radical (unpaired) electrons. The summed E-state index contributed by atoms with van der Waals surface area (Å²) in [5.74, 6) is -0.630. The van der Waals surface area contributed by atoms with Crippen LogP contribution in [0.3, 0.4) is 0 Å². The molecular weight excluding hydrogens is 390 g/mol. The van der Waals surface area contributed by atoms with E-state index < -0.39 is 11.6 Å². The zero-order valence-electron chi connectivity index (χ0n) is 17.5. The third-order valence-corrected chi connectivity index (χ3v) is 5.26. The lowest BCUT2D eigenvalue weighted by Gasteiger charge is -2.40. The topological polar surface area (TPSA) is 58.6 Å². The van der Waals surface area contributed by atoms with E-state index in [1.165, 1.54) is 18.8 Å². The lowest BCUT2D eigenvalue weighted by molar-refractivity contribution is -0.133. The summed E-state index contributed by atoms with van der Waals surface area (Å²) < 4.78 is 32.0. The third-order valence-electron chi connectivity index (χ3n) is 5.26. The fraction of sp³-hybridized carbons (Fsp3) is 0.500. The van der Waals surface area contributed by atoms with E-state index >= 15 is 0 Å². The smallest absolute Gasteiger partial charge is 0.224 e. The van der Waals surface area contributed by atoms with Gasteiger partial charge in [-0.15, -0.1) is 0 Å². The number of carbonyl (C=O) groups excluding carboxylic acids is 1. The van der Waals surface area contributed by atoms with Crippen LogP contribution < -0.4 is 9.64 Å². The summed E-state index contributed by atoms with van der Waals surface area (Å²) >= 11 is 0. The largest absolute Gasteiger partial charge is 0.439 e. The van der Waals surface area contributed by atoms with Crippen molar-refractivity contribution in [3.05, 3.63) is 42.2 Å². The van der Waals surface area contributed by atoms with Crippen LogP contribution in [0.2, 0.25) is 0 Å². The Bertz CT molecular complexity index is 865. The summed E-state index contributed by atoms with van der Waals surface area (Å²) in [4.78, 5) is 24.9. The van der Waals surface area contributed by atoms with E-state index in [4.69, 9.17) is 4.74 Å². The van der Waals surface area contributed by atoms with Gasteiger partial charge >= 0.3 is 0 Å². The minimum absolute atomic E-state index is 0.0722. The molecule has 0 unspecified atom stereocenters. The van der Waals surface area contributed by atoms with Gasteiger partial charge in [-0.2, -0.15) is 0 Å². The van der Waals surface area contributed by atoms with Gasteiger partial charge in [-0.1, -0.05) is 26.2 Å². The van der Waals surface area contributed by atoms with Gasteiger partial charge in [0.15, 0.2) is 11.6 Å². The summed E-state index contributed by atoms with van der Waals surface area (Å²) in [6, 6.07) is 5.06. The van der Waals surface area contributed by atoms with E-state index in [1.54, 1.807) is 6.07 Å². The number of ether oxygens (including phenoxy) is 1. The normalized spacial score (nSPS) is 16.6. The fourth-order valence-electron chi connectivity index (χ4n) is 3.60. The zero-order chi connectivity index (χ0) is 21.5. The lowest BCUT2D eigenvalue weighted by atomic mass is 10.1. The maximum atomic E-state index is 13.4. The van der Waals surface area contributed by atoms with E-state index in [2.05, 4.69) is 21.8 Å². The predicted octanol–water partition coefficient (Wildman–Crippen LogP) is 4.55. The molecule has 1 saturated heterocycles. The molecule has 0 saturated carbocycles. The van der Waals surface area contributed by atoms with E-state index in [0.29, 0.717) is 31.9 Å². The van der Waals surface area contributed by atoms with Gasteiger partial charge in [-0.25, -0.2) is 18.7 Å². The molecule has 2 aromatic rings. The summed E-state index contributed by atoms with van der Waals surface area (Å²) in [5.41, 5.74) is 0. The molecule has 3 rings (SSSR count). The number of amides is 1. The Morgan fingerprint density at radius 3 is 2.70 bits per heavy atom. The van der Waals surface area contributed by atoms with Crippen LogP contribution >= 0.6 is 0 Å². The van der Waals surface area contributed by atoms with Crippen LogP contribution in [0.5, 0.6) is 11.6 Å². The number of unbranched alkanes of at least 4 members (excludes halogenated alkanes) is 3. The summed E-state index contributed by atoms with van der Waals surface area (Å²) in [6.45, 7) is 6.15. The van der Waals surface area contributed by atoms with Crippen molar-refractivity contribution in [1.82, 2.24) is 14.9 Å². The molecule has 1 atom stereocenters. The van der Waals surface area contributed by atoms with E-state index in [-0.39, 0.29) is 23.6 Å². The zero-order valence-corrected chi connectivity index (χ0v) is 17.5. The minimum atomic E-state index is -0.980. The second-order valence-corrected chi connectivity index (χ2v) is 7.59. The summed E-state index contributed by atoms with van der Waals surface area (Å²) in [6.07, 6.45) is 6.34. The Kier molecular flexibility index (Phi) is 7.54. The van der Waals surface area contributed by atoms with Crippen molar-refractivity contribution >= 4 is 11.7 Å². The quantitative estimate of drug-likeness (QED) is 0.589. The van der Waals surface area contributed by atoms with Crippen molar-refractivity contribution in [3.8, 4) is 11.6 Å². The van der Waals surface area contributed by atoms with Crippen molar-refractivity contribution < 1.29 is 18.3 Å². The predicted molar refractivity (Wildman–Crippen MR) is 111 cm³/mol. The molecule has 30 heavy (non-hydrogen) atoms. The Hall–Kier alpha value is -2.77. The van der Waals surface area contributed by atoms with Crippen LogP contribution in [0.25, 0.3) is 0 Å². The molecule has 8 heteroatoms. The molecule has 162 valence electrons. The molecule has 1 amide bonds. The molecule has 0 aliphatic carbocycles. The standard InChI is InChI=1S/C22H28F2N4O2/c1-3-4-5-6-7-22(29)28-11-10-27(14-16(28)2)20-13-21(26-15-25-20)30-17-8-9-18(23)19(24)12-17/h8-9,12-13,15-16H,3-7,10-11,14H2,1-2H3/t16-/m1/s1. The minimum Gasteiger partial charge on any atom is -0.439 e. The number of rotatable bonds is 8. The monoisotopic (exact) mass is 418 g/mol. The van der Waals surface area contributed by atoms with Gasteiger partial charge in [-0.3, -0.25) is 4.79 Å². The number of aromatic nitrogens is 2. The fourth-order valence-corrected chi connectivity index (χ4v) is 3.60. The van der Waals surface area contributed by atoms with Gasteiger partial charge in [0.2, 0.25) is 11.8 Å². The number of anilines is 1. The number of piperazine rings is 1. The first-order valence-electron chi connectivity index (χ1n) is 10.5. The lowest BCUT2D eigenvalue weighted by Crippen LogP contribution is -2.54. The van der Waals surface area contributed by atoms with Crippen molar-refractivity contribution in [2.24, 2.45) is 0 Å². The van der Waals surface area contributed by atoms with Crippen LogP contribution in [0, 0.1) is 11.6 Å². The first kappa shape index (κ1) is 21.9. The van der Waals surface area contributed by atoms with Crippen LogP contribution in [0.1, 0.15) is 46.0 Å². The van der Waals surface area contributed by atoms with Crippen LogP contribution in [0.15, 0.2) is 30.6 Å². The van der Waals surface area contributed by atoms with Gasteiger partial charge in [0, 0.05) is 44.2 Å². The molecule has 1 aliphatic rings. The van der Waals surface area contributed by atoms with Gasteiger partial charge in [0.05, 0.1) is 0 Å². The molecule has 0 N–H and O–H groups in total. The highest BCUT2D eigenvalue weighted by molar-refractivity contribution is 5.76. The highest BCUT2D eigenvalue weighted by atomic mass is 19.2. The van der Waals surface area contributed by atoms with Gasteiger partial charge in [0.25, 0.3) is 0 Å². The number of benzene rings is 1. The average molecular weight is 418 g/mol. The second kappa shape index (κ2) is 10.3. The molecule has 0 bridgehead atoms. The number of nitrogens with zero attached hydrogens (tertiary/aromatic N) is 4. The highest BCUT2D eigenvalue weighted by Gasteiger charge is 2.27. The molecule has 2 heterocycles. The van der Waals surface area contributed by atoms with E-state index in [9.17, 15) is 13.6 Å². The molecule has 1 aromatic carbocycles. The van der Waals surface area contributed by atoms with Crippen LogP contribution in [-0.2, 0) is 4.79 Å². The van der Waals surface area contributed by atoms with Crippen molar-refractivity contribution in [3.63, 3.8) is 0 Å². The van der Waals surface area contributed by atoms with Crippen molar-refractivity contribution in [1.29, 1.82) is 0 Å². The maximum Gasteiger partial charge on any atom is 0.224 e. The van der Waals surface area contributed by atoms with Crippen molar-refractivity contribution in [2.75, 3.05) is 24.5 Å². The van der Waals surface area contributed by atoms with Crippen LogP contribution in [-0.4, -0.2) is 46.5 Å². The van der Waals surface area contributed by atoms with Crippen LogP contribution in [0.4, 0.5) is 14.6 Å². The number of hydrogen-bond acceptors (Lipinski definition) is 5. The summed E-state index contributed by atoms with van der Waals surface area (Å²) in [5, 5.41) is 0. The molecule has 1 fully saturated rings.